The lowest BCUT2D eigenvalue weighted by Crippen LogP contribution is -1.76. The summed E-state index contributed by atoms with van der Waals surface area (Å²) in [6.45, 7) is 0. The molecule has 2 aromatic heterocycles. The molecule has 22 heavy (non-hydrogen) atoms. The first-order valence-corrected chi connectivity index (χ1v) is 8.08. The minimum atomic E-state index is 0.893. The van der Waals surface area contributed by atoms with E-state index < -0.39 is 0 Å². The van der Waals surface area contributed by atoms with Crippen LogP contribution >= 0.6 is 11.3 Å². The van der Waals surface area contributed by atoms with E-state index in [0.717, 1.165) is 27.5 Å². The monoisotopic (exact) mass is 299 g/mol. The molecule has 0 unspecified atom stereocenters. The molecule has 2 heteroatoms. The van der Waals surface area contributed by atoms with Crippen LogP contribution in [0.1, 0.15) is 0 Å². The normalized spacial score (nSPS) is 11.6. The molecule has 0 atom stereocenters. The maximum absolute atomic E-state index is 5.88. The molecule has 0 saturated carbocycles. The average Bonchev–Trinajstić information content (AvgIpc) is 3.15. The van der Waals surface area contributed by atoms with E-state index >= 15 is 0 Å². The fourth-order valence-electron chi connectivity index (χ4n) is 2.99. The fraction of sp³-hybridized carbons (Fsp3) is 0. The van der Waals surface area contributed by atoms with Gasteiger partial charge in [-0.25, -0.2) is 0 Å². The summed E-state index contributed by atoms with van der Waals surface area (Å²) in [5.74, 6) is 0. The van der Waals surface area contributed by atoms with Crippen LogP contribution in [0, 0.1) is 6.07 Å². The number of para-hydroxylation sites is 1. The number of furan rings is 1. The largest absolute Gasteiger partial charge is 0.456 e. The molecule has 0 aliphatic heterocycles. The lowest BCUT2D eigenvalue weighted by molar-refractivity contribution is 0.669. The Labute approximate surface area is 131 Å². The first-order chi connectivity index (χ1) is 10.9. The van der Waals surface area contributed by atoms with E-state index in [1.54, 1.807) is 11.3 Å². The Kier molecular flexibility index (Phi) is 2.43. The average molecular weight is 299 g/mol. The molecule has 0 aliphatic carbocycles. The zero-order valence-electron chi connectivity index (χ0n) is 11.7. The van der Waals surface area contributed by atoms with Crippen LogP contribution in [0.4, 0.5) is 0 Å². The molecular weight excluding hydrogens is 288 g/mol. The highest BCUT2D eigenvalue weighted by atomic mass is 32.1. The highest BCUT2D eigenvalue weighted by molar-refractivity contribution is 7.17. The van der Waals surface area contributed by atoms with Gasteiger partial charge in [0.1, 0.15) is 11.2 Å². The first-order valence-electron chi connectivity index (χ1n) is 7.20. The zero-order valence-corrected chi connectivity index (χ0v) is 12.5. The van der Waals surface area contributed by atoms with Crippen molar-refractivity contribution in [1.82, 2.24) is 0 Å². The lowest BCUT2D eigenvalue weighted by atomic mass is 10.0. The summed E-state index contributed by atoms with van der Waals surface area (Å²) in [5, 5.41) is 5.68. The lowest BCUT2D eigenvalue weighted by Gasteiger charge is -1.99. The molecule has 0 N–H and O–H groups in total. The van der Waals surface area contributed by atoms with Gasteiger partial charge in [0.15, 0.2) is 0 Å². The van der Waals surface area contributed by atoms with Crippen LogP contribution in [0.3, 0.4) is 0 Å². The Balaban J connectivity index is 1.83. The topological polar surface area (TPSA) is 13.1 Å². The number of thiophene rings is 1. The van der Waals surface area contributed by atoms with Crippen LogP contribution in [-0.4, -0.2) is 0 Å². The van der Waals surface area contributed by atoms with Gasteiger partial charge in [-0.3, -0.25) is 0 Å². The third-order valence-electron chi connectivity index (χ3n) is 4.05. The zero-order chi connectivity index (χ0) is 14.5. The molecule has 5 rings (SSSR count). The van der Waals surface area contributed by atoms with E-state index in [1.807, 2.05) is 24.3 Å². The summed E-state index contributed by atoms with van der Waals surface area (Å²) < 4.78 is 7.19. The van der Waals surface area contributed by atoms with Gasteiger partial charge in [0.05, 0.1) is 0 Å². The molecule has 0 amide bonds. The van der Waals surface area contributed by atoms with E-state index in [1.165, 1.54) is 15.6 Å². The summed E-state index contributed by atoms with van der Waals surface area (Å²) in [7, 11) is 0. The molecule has 0 spiro atoms. The summed E-state index contributed by atoms with van der Waals surface area (Å²) in [4.78, 5) is 0. The van der Waals surface area contributed by atoms with Gasteiger partial charge < -0.3 is 4.42 Å². The molecule has 5 aromatic rings. The van der Waals surface area contributed by atoms with Crippen molar-refractivity contribution in [2.24, 2.45) is 0 Å². The van der Waals surface area contributed by atoms with Crippen molar-refractivity contribution in [2.45, 2.75) is 0 Å². The van der Waals surface area contributed by atoms with Gasteiger partial charge in [0, 0.05) is 32.5 Å². The molecule has 0 aliphatic rings. The van der Waals surface area contributed by atoms with Crippen LogP contribution in [0.15, 0.2) is 70.5 Å². The second kappa shape index (κ2) is 4.46. The van der Waals surface area contributed by atoms with Crippen LogP contribution in [0.2, 0.25) is 0 Å². The maximum Gasteiger partial charge on any atom is 0.136 e. The molecule has 1 nitrogen and oxygen atoms in total. The van der Waals surface area contributed by atoms with Crippen molar-refractivity contribution in [2.75, 3.05) is 0 Å². The smallest absolute Gasteiger partial charge is 0.136 e. The Morgan fingerprint density at radius 2 is 1.59 bits per heavy atom. The maximum atomic E-state index is 5.88. The SMILES string of the molecule is [c]1c(-c2csc3ccccc23)ccc2oc3ccccc3c12. The third-order valence-corrected chi connectivity index (χ3v) is 5.02. The third kappa shape index (κ3) is 1.65. The Bertz CT molecular complexity index is 1130. The second-order valence-electron chi connectivity index (χ2n) is 5.36. The number of rotatable bonds is 1. The van der Waals surface area contributed by atoms with Gasteiger partial charge in [0.2, 0.25) is 0 Å². The predicted octanol–water partition coefficient (Wildman–Crippen LogP) is 6.27. The van der Waals surface area contributed by atoms with Gasteiger partial charge >= 0.3 is 0 Å². The standard InChI is InChI=1S/C20H11OS/c1-3-7-18-14(5-1)16-11-13(9-10-19(16)21-18)17-12-22-20-8-4-2-6-15(17)20/h1-10,12H. The van der Waals surface area contributed by atoms with E-state index in [4.69, 9.17) is 4.42 Å². The van der Waals surface area contributed by atoms with E-state index in [-0.39, 0.29) is 0 Å². The van der Waals surface area contributed by atoms with Crippen molar-refractivity contribution in [3.05, 3.63) is 72.1 Å². The Morgan fingerprint density at radius 1 is 0.773 bits per heavy atom. The van der Waals surface area contributed by atoms with Gasteiger partial charge in [-0.1, -0.05) is 36.4 Å². The molecular formula is C20H11OS. The quantitative estimate of drug-likeness (QED) is 0.355. The Morgan fingerprint density at radius 3 is 2.55 bits per heavy atom. The number of benzene rings is 3. The minimum Gasteiger partial charge on any atom is -0.456 e. The van der Waals surface area contributed by atoms with Crippen LogP contribution in [-0.2, 0) is 0 Å². The second-order valence-corrected chi connectivity index (χ2v) is 6.27. The number of hydrogen-bond acceptors (Lipinski definition) is 2. The Hall–Kier alpha value is -2.58. The highest BCUT2D eigenvalue weighted by Gasteiger charge is 2.11. The van der Waals surface area contributed by atoms with Crippen LogP contribution in [0.5, 0.6) is 0 Å². The summed E-state index contributed by atoms with van der Waals surface area (Å²) in [6.07, 6.45) is 0. The predicted molar refractivity (Wildman–Crippen MR) is 93.4 cm³/mol. The summed E-state index contributed by atoms with van der Waals surface area (Å²) >= 11 is 1.78. The van der Waals surface area contributed by atoms with Crippen molar-refractivity contribution in [3.63, 3.8) is 0 Å². The molecule has 103 valence electrons. The number of hydrogen-bond donors (Lipinski definition) is 0. The van der Waals surface area contributed by atoms with E-state index in [9.17, 15) is 0 Å². The van der Waals surface area contributed by atoms with Gasteiger partial charge in [-0.15, -0.1) is 11.3 Å². The van der Waals surface area contributed by atoms with Gasteiger partial charge in [-0.2, -0.15) is 0 Å². The number of fused-ring (bicyclic) bond motifs is 4. The van der Waals surface area contributed by atoms with Crippen molar-refractivity contribution < 1.29 is 4.42 Å². The first kappa shape index (κ1) is 12.0. The van der Waals surface area contributed by atoms with Crippen molar-refractivity contribution >= 4 is 43.4 Å². The van der Waals surface area contributed by atoms with Crippen molar-refractivity contribution in [1.29, 1.82) is 0 Å². The van der Waals surface area contributed by atoms with E-state index in [2.05, 4.69) is 47.8 Å². The summed E-state index contributed by atoms with van der Waals surface area (Å²) in [6, 6.07) is 24.3. The van der Waals surface area contributed by atoms with E-state index in [0.29, 0.717) is 0 Å². The highest BCUT2D eigenvalue weighted by Crippen LogP contribution is 2.36. The molecule has 3 aromatic carbocycles. The van der Waals surface area contributed by atoms with Crippen LogP contribution in [0.25, 0.3) is 43.2 Å². The molecule has 2 heterocycles. The van der Waals surface area contributed by atoms with Crippen LogP contribution < -0.4 is 0 Å². The fourth-order valence-corrected chi connectivity index (χ4v) is 3.95. The molecule has 0 bridgehead atoms. The summed E-state index contributed by atoms with van der Waals surface area (Å²) in [5.41, 5.74) is 4.18. The van der Waals surface area contributed by atoms with Gasteiger partial charge in [0.25, 0.3) is 0 Å². The van der Waals surface area contributed by atoms with Crippen molar-refractivity contribution in [3.8, 4) is 11.1 Å². The molecule has 0 saturated heterocycles. The van der Waals surface area contributed by atoms with Gasteiger partial charge in [-0.05, 0) is 35.2 Å². The molecule has 0 fully saturated rings. The minimum absolute atomic E-state index is 0.893. The molecule has 1 radical (unpaired) electrons.